The van der Waals surface area contributed by atoms with Gasteiger partial charge in [0.05, 0.1) is 24.0 Å². The smallest absolute Gasteiger partial charge is 0.342 e. The third kappa shape index (κ3) is 3.81. The Bertz CT molecular complexity index is 968. The molecule has 0 unspecified atom stereocenters. The number of carbonyl (C=O) groups is 2. The molecule has 3 aliphatic rings. The number of nitrogens with zero attached hydrogens (tertiary/aromatic N) is 1. The molecule has 0 radical (unpaired) electrons. The third-order valence-corrected chi connectivity index (χ3v) is 8.03. The van der Waals surface area contributed by atoms with Crippen molar-refractivity contribution in [3.63, 3.8) is 0 Å². The standard InChI is InChI=1S/C26H31NO5/c1-17-6-9-21-25(2,20(17)8-7-18-11-14-31-23(18)29)12-10-22(26(21,3)16-28)32-24(30)19-5-4-13-27-15-19/h4-5,7,11,13-15,20-22,28H,1,6,8-10,12,16H2,2-3H3/b18-7+/t20-,21+,22-,25+,26+/m1/s1. The van der Waals surface area contributed by atoms with Gasteiger partial charge in [0.15, 0.2) is 0 Å². The first-order chi connectivity index (χ1) is 15.3. The van der Waals surface area contributed by atoms with Crippen molar-refractivity contribution in [1.82, 2.24) is 4.98 Å². The van der Waals surface area contributed by atoms with Crippen LogP contribution in [0.2, 0.25) is 0 Å². The molecule has 6 nitrogen and oxygen atoms in total. The summed E-state index contributed by atoms with van der Waals surface area (Å²) in [6, 6.07) is 3.40. The molecule has 1 aliphatic heterocycles. The molecule has 2 aliphatic carbocycles. The minimum atomic E-state index is -0.566. The van der Waals surface area contributed by atoms with E-state index in [0.717, 1.165) is 19.3 Å². The number of rotatable bonds is 5. The van der Waals surface area contributed by atoms with E-state index in [1.165, 1.54) is 18.0 Å². The van der Waals surface area contributed by atoms with Crippen molar-refractivity contribution >= 4 is 11.9 Å². The molecule has 5 atom stereocenters. The van der Waals surface area contributed by atoms with Crippen molar-refractivity contribution in [1.29, 1.82) is 0 Å². The van der Waals surface area contributed by atoms with Crippen LogP contribution in [0.4, 0.5) is 0 Å². The predicted molar refractivity (Wildman–Crippen MR) is 119 cm³/mol. The van der Waals surface area contributed by atoms with E-state index in [1.807, 2.05) is 13.0 Å². The van der Waals surface area contributed by atoms with Crippen molar-refractivity contribution < 1.29 is 24.2 Å². The van der Waals surface area contributed by atoms with Gasteiger partial charge in [-0.3, -0.25) is 4.98 Å². The molecule has 1 aromatic heterocycles. The minimum absolute atomic E-state index is 0.0619. The van der Waals surface area contributed by atoms with Crippen molar-refractivity contribution in [2.75, 3.05) is 6.61 Å². The van der Waals surface area contributed by atoms with Crippen LogP contribution >= 0.6 is 0 Å². The van der Waals surface area contributed by atoms with Crippen molar-refractivity contribution in [3.8, 4) is 0 Å². The Morgan fingerprint density at radius 1 is 1.41 bits per heavy atom. The average molecular weight is 438 g/mol. The summed E-state index contributed by atoms with van der Waals surface area (Å²) in [6.07, 6.45) is 11.8. The highest BCUT2D eigenvalue weighted by molar-refractivity contribution is 5.94. The molecule has 170 valence electrons. The monoisotopic (exact) mass is 437 g/mol. The van der Waals surface area contributed by atoms with Crippen LogP contribution in [-0.4, -0.2) is 34.7 Å². The Morgan fingerprint density at radius 2 is 2.22 bits per heavy atom. The van der Waals surface area contributed by atoms with Crippen molar-refractivity contribution in [2.24, 2.45) is 22.7 Å². The van der Waals surface area contributed by atoms with Gasteiger partial charge in [-0.05, 0) is 67.6 Å². The number of esters is 2. The minimum Gasteiger partial charge on any atom is -0.458 e. The van der Waals surface area contributed by atoms with E-state index in [2.05, 4.69) is 18.5 Å². The van der Waals surface area contributed by atoms with E-state index in [4.69, 9.17) is 9.47 Å². The fraction of sp³-hybridized carbons (Fsp3) is 0.500. The summed E-state index contributed by atoms with van der Waals surface area (Å²) in [4.78, 5) is 28.6. The summed E-state index contributed by atoms with van der Waals surface area (Å²) < 4.78 is 10.9. The second-order valence-electron chi connectivity index (χ2n) is 9.75. The number of hydrogen-bond acceptors (Lipinski definition) is 6. The Labute approximate surface area is 189 Å². The van der Waals surface area contributed by atoms with Gasteiger partial charge in [0.2, 0.25) is 0 Å². The number of cyclic esters (lactones) is 1. The Morgan fingerprint density at radius 3 is 2.88 bits per heavy atom. The van der Waals surface area contributed by atoms with Gasteiger partial charge in [-0.1, -0.05) is 32.1 Å². The number of fused-ring (bicyclic) bond motifs is 1. The SMILES string of the molecule is C=C1CC[C@@H]2[C@](C)(CO)[C@H](OC(=O)c3cccnc3)CC[C@@]2(C)[C@@H]1C/C=C1\C=COC1=O. The van der Waals surface area contributed by atoms with Gasteiger partial charge < -0.3 is 14.6 Å². The summed E-state index contributed by atoms with van der Waals surface area (Å²) in [5.41, 5.74) is 1.49. The Balaban J connectivity index is 1.58. The maximum Gasteiger partial charge on any atom is 0.342 e. The molecular formula is C26H31NO5. The number of aliphatic hydroxyl groups is 1. The Kier molecular flexibility index (Phi) is 6.08. The first kappa shape index (κ1) is 22.5. The molecular weight excluding hydrogens is 406 g/mol. The van der Waals surface area contributed by atoms with Gasteiger partial charge in [0, 0.05) is 17.8 Å². The van der Waals surface area contributed by atoms with E-state index in [0.29, 0.717) is 24.0 Å². The molecule has 6 heteroatoms. The number of carbonyl (C=O) groups excluding carboxylic acids is 2. The van der Waals surface area contributed by atoms with Crippen LogP contribution in [0.1, 0.15) is 56.3 Å². The van der Waals surface area contributed by atoms with Gasteiger partial charge in [-0.15, -0.1) is 0 Å². The summed E-state index contributed by atoms with van der Waals surface area (Å²) in [7, 11) is 0. The topological polar surface area (TPSA) is 85.7 Å². The lowest BCUT2D eigenvalue weighted by Crippen LogP contribution is -2.58. The van der Waals surface area contributed by atoms with Crippen LogP contribution in [0.5, 0.6) is 0 Å². The molecule has 2 heterocycles. The van der Waals surface area contributed by atoms with Gasteiger partial charge in [0.25, 0.3) is 0 Å². The summed E-state index contributed by atoms with van der Waals surface area (Å²) in [5.74, 6) is -0.393. The van der Waals surface area contributed by atoms with Crippen molar-refractivity contribution in [3.05, 3.63) is 66.2 Å². The number of aromatic nitrogens is 1. The number of allylic oxidation sites excluding steroid dienone is 2. The quantitative estimate of drug-likeness (QED) is 0.418. The van der Waals surface area contributed by atoms with Crippen LogP contribution in [0.3, 0.4) is 0 Å². The zero-order chi connectivity index (χ0) is 22.9. The molecule has 4 rings (SSSR count). The molecule has 0 amide bonds. The third-order valence-electron chi connectivity index (χ3n) is 8.03. The normalized spacial score (nSPS) is 35.5. The molecule has 2 saturated carbocycles. The highest BCUT2D eigenvalue weighted by Gasteiger charge is 2.58. The van der Waals surface area contributed by atoms with E-state index in [9.17, 15) is 14.7 Å². The number of aliphatic hydroxyl groups excluding tert-OH is 1. The van der Waals surface area contributed by atoms with Crippen LogP contribution < -0.4 is 0 Å². The van der Waals surface area contributed by atoms with Gasteiger partial charge >= 0.3 is 11.9 Å². The lowest BCUT2D eigenvalue weighted by atomic mass is 9.46. The fourth-order valence-corrected chi connectivity index (χ4v) is 6.19. The van der Waals surface area contributed by atoms with Gasteiger partial charge in [-0.25, -0.2) is 9.59 Å². The first-order valence-electron chi connectivity index (χ1n) is 11.3. The molecule has 32 heavy (non-hydrogen) atoms. The molecule has 0 saturated heterocycles. The van der Waals surface area contributed by atoms with Crippen molar-refractivity contribution in [2.45, 2.75) is 52.1 Å². The molecule has 2 fully saturated rings. The van der Waals surface area contributed by atoms with E-state index >= 15 is 0 Å². The van der Waals surface area contributed by atoms with E-state index in [-0.39, 0.29) is 35.9 Å². The summed E-state index contributed by atoms with van der Waals surface area (Å²) >= 11 is 0. The van der Waals surface area contributed by atoms with Crippen LogP contribution in [0, 0.1) is 22.7 Å². The van der Waals surface area contributed by atoms with Gasteiger partial charge in [0.1, 0.15) is 6.10 Å². The highest BCUT2D eigenvalue weighted by Crippen LogP contribution is 2.62. The second-order valence-corrected chi connectivity index (χ2v) is 9.75. The van der Waals surface area contributed by atoms with E-state index in [1.54, 1.807) is 24.4 Å². The zero-order valence-electron chi connectivity index (χ0n) is 18.8. The fourth-order valence-electron chi connectivity index (χ4n) is 6.19. The second kappa shape index (κ2) is 8.66. The van der Waals surface area contributed by atoms with Gasteiger partial charge in [-0.2, -0.15) is 0 Å². The molecule has 0 aromatic carbocycles. The van der Waals surface area contributed by atoms with E-state index < -0.39 is 11.4 Å². The molecule has 1 N–H and O–H groups in total. The zero-order valence-corrected chi connectivity index (χ0v) is 18.8. The number of ether oxygens (including phenoxy) is 2. The number of hydrogen-bond donors (Lipinski definition) is 1. The largest absolute Gasteiger partial charge is 0.458 e. The van der Waals surface area contributed by atoms with Crippen LogP contribution in [0.25, 0.3) is 0 Å². The average Bonchev–Trinajstić information content (AvgIpc) is 3.20. The van der Waals surface area contributed by atoms with Crippen LogP contribution in [-0.2, 0) is 14.3 Å². The Hall–Kier alpha value is -2.73. The maximum atomic E-state index is 12.7. The molecule has 0 bridgehead atoms. The lowest BCUT2D eigenvalue weighted by Gasteiger charge is -2.60. The maximum absolute atomic E-state index is 12.7. The molecule has 1 aromatic rings. The summed E-state index contributed by atoms with van der Waals surface area (Å²) in [6.45, 7) is 8.60. The van der Waals surface area contributed by atoms with Crippen LogP contribution in [0.15, 0.2) is 60.7 Å². The first-order valence-corrected chi connectivity index (χ1v) is 11.3. The predicted octanol–water partition coefficient (Wildman–Crippen LogP) is 4.38. The summed E-state index contributed by atoms with van der Waals surface area (Å²) in [5, 5.41) is 10.5. The number of pyridine rings is 1. The highest BCUT2D eigenvalue weighted by atomic mass is 16.5. The molecule has 0 spiro atoms. The lowest BCUT2D eigenvalue weighted by molar-refractivity contribution is -0.153.